The molecule has 0 saturated heterocycles. The molecule has 172 valence electrons. The van der Waals surface area contributed by atoms with E-state index < -0.39 is 16.7 Å². The number of ether oxygens (including phenoxy) is 1. The minimum absolute atomic E-state index is 0.126. The zero-order chi connectivity index (χ0) is 23.9. The van der Waals surface area contributed by atoms with Crippen LogP contribution in [0.2, 0.25) is 10.0 Å². The minimum Gasteiger partial charge on any atom is -0.454 e. The summed E-state index contributed by atoms with van der Waals surface area (Å²) in [5, 5.41) is 4.03. The SMILES string of the molecule is CCCC(=O)C1(c2cc(Oc3c(Cl)cc(-n4nc(N)c(=O)[nH]c4=O)cc3Cl)ccc2C)CC1. The van der Waals surface area contributed by atoms with Gasteiger partial charge in [0.05, 0.1) is 21.1 Å². The lowest BCUT2D eigenvalue weighted by Gasteiger charge is -2.19. The molecule has 1 aromatic heterocycles. The molecule has 8 nitrogen and oxygen atoms in total. The van der Waals surface area contributed by atoms with Crippen molar-refractivity contribution in [2.45, 2.75) is 44.9 Å². The Balaban J connectivity index is 1.69. The number of carbonyl (C=O) groups excluding carboxylic acids is 1. The first-order valence-corrected chi connectivity index (χ1v) is 11.2. The molecule has 33 heavy (non-hydrogen) atoms. The predicted molar refractivity (Wildman–Crippen MR) is 127 cm³/mol. The molecule has 4 rings (SSSR count). The fraction of sp³-hybridized carbons (Fsp3) is 0.304. The number of Topliss-reactive ketones (excluding diaryl/α,β-unsaturated/α-hetero) is 1. The maximum Gasteiger partial charge on any atom is 0.349 e. The van der Waals surface area contributed by atoms with Crippen molar-refractivity contribution in [3.05, 3.63) is 72.3 Å². The minimum atomic E-state index is -0.787. The average Bonchev–Trinajstić information content (AvgIpc) is 3.56. The molecule has 1 heterocycles. The van der Waals surface area contributed by atoms with Gasteiger partial charge in [-0.15, -0.1) is 5.10 Å². The van der Waals surface area contributed by atoms with Crippen LogP contribution in [-0.4, -0.2) is 20.5 Å². The van der Waals surface area contributed by atoms with Gasteiger partial charge in [0.1, 0.15) is 11.5 Å². The third-order valence-corrected chi connectivity index (χ3v) is 6.35. The number of H-pyrrole nitrogens is 1. The number of benzene rings is 2. The number of aromatic nitrogens is 3. The smallest absolute Gasteiger partial charge is 0.349 e. The Hall–Kier alpha value is -3.10. The number of hydrogen-bond acceptors (Lipinski definition) is 6. The van der Waals surface area contributed by atoms with Crippen molar-refractivity contribution in [2.75, 3.05) is 5.73 Å². The van der Waals surface area contributed by atoms with Crippen LogP contribution >= 0.6 is 23.2 Å². The highest BCUT2D eigenvalue weighted by Gasteiger charge is 2.50. The molecule has 0 atom stereocenters. The van der Waals surface area contributed by atoms with Gasteiger partial charge in [-0.05, 0) is 61.6 Å². The molecular formula is C23H22Cl2N4O4. The van der Waals surface area contributed by atoms with E-state index in [4.69, 9.17) is 33.7 Å². The Morgan fingerprint density at radius 3 is 2.48 bits per heavy atom. The number of nitrogen functional groups attached to an aromatic ring is 1. The zero-order valence-corrected chi connectivity index (χ0v) is 19.6. The van der Waals surface area contributed by atoms with Gasteiger partial charge < -0.3 is 10.5 Å². The van der Waals surface area contributed by atoms with E-state index in [1.807, 2.05) is 26.0 Å². The molecule has 3 aromatic rings. The highest BCUT2D eigenvalue weighted by Crippen LogP contribution is 2.52. The van der Waals surface area contributed by atoms with Gasteiger partial charge >= 0.3 is 5.69 Å². The van der Waals surface area contributed by atoms with E-state index in [1.165, 1.54) is 12.1 Å². The molecule has 0 bridgehead atoms. The third-order valence-electron chi connectivity index (χ3n) is 5.79. The van der Waals surface area contributed by atoms with E-state index in [-0.39, 0.29) is 33.1 Å². The molecule has 0 spiro atoms. The number of carbonyl (C=O) groups is 1. The molecule has 1 fully saturated rings. The second-order valence-electron chi connectivity index (χ2n) is 8.13. The van der Waals surface area contributed by atoms with Crippen LogP contribution < -0.4 is 21.7 Å². The number of ketones is 1. The van der Waals surface area contributed by atoms with Crippen molar-refractivity contribution < 1.29 is 9.53 Å². The van der Waals surface area contributed by atoms with Gasteiger partial charge in [0.2, 0.25) is 5.82 Å². The number of aromatic amines is 1. The number of aryl methyl sites for hydroxylation is 1. The van der Waals surface area contributed by atoms with Crippen LogP contribution in [0.25, 0.3) is 5.69 Å². The number of anilines is 1. The van der Waals surface area contributed by atoms with E-state index in [1.54, 1.807) is 6.07 Å². The quantitative estimate of drug-likeness (QED) is 0.510. The summed E-state index contributed by atoms with van der Waals surface area (Å²) < 4.78 is 6.88. The van der Waals surface area contributed by atoms with Crippen molar-refractivity contribution in [1.82, 2.24) is 14.8 Å². The molecule has 3 N–H and O–H groups in total. The first-order valence-electron chi connectivity index (χ1n) is 10.5. The van der Waals surface area contributed by atoms with Gasteiger partial charge in [0.15, 0.2) is 5.75 Å². The third kappa shape index (κ3) is 4.28. The summed E-state index contributed by atoms with van der Waals surface area (Å²) in [6.07, 6.45) is 3.02. The molecule has 2 aromatic carbocycles. The van der Waals surface area contributed by atoms with Gasteiger partial charge in [-0.25, -0.2) is 4.79 Å². The molecule has 1 aliphatic carbocycles. The van der Waals surface area contributed by atoms with Gasteiger partial charge in [-0.2, -0.15) is 4.68 Å². The summed E-state index contributed by atoms with van der Waals surface area (Å²) in [6.45, 7) is 3.98. The largest absolute Gasteiger partial charge is 0.454 e. The first kappa shape index (κ1) is 23.1. The summed E-state index contributed by atoms with van der Waals surface area (Å²) in [5.74, 6) is 0.558. The second-order valence-corrected chi connectivity index (χ2v) is 8.94. The number of halogens is 2. The predicted octanol–water partition coefficient (Wildman–Crippen LogP) is 4.31. The highest BCUT2D eigenvalue weighted by atomic mass is 35.5. The van der Waals surface area contributed by atoms with Crippen LogP contribution in [0.4, 0.5) is 5.82 Å². The Bertz CT molecular complexity index is 1350. The van der Waals surface area contributed by atoms with Crippen LogP contribution in [0.15, 0.2) is 39.9 Å². The number of nitrogens with two attached hydrogens (primary N) is 1. The van der Waals surface area contributed by atoms with Crippen molar-refractivity contribution >= 4 is 34.8 Å². The Morgan fingerprint density at radius 1 is 1.21 bits per heavy atom. The van der Waals surface area contributed by atoms with Crippen LogP contribution in [-0.2, 0) is 10.2 Å². The fourth-order valence-corrected chi connectivity index (χ4v) is 4.49. The number of nitrogens with zero attached hydrogens (tertiary/aromatic N) is 2. The van der Waals surface area contributed by atoms with E-state index in [2.05, 4.69) is 10.1 Å². The average molecular weight is 489 g/mol. The summed E-state index contributed by atoms with van der Waals surface area (Å²) in [6, 6.07) is 8.42. The second kappa shape index (κ2) is 8.68. The number of rotatable bonds is 7. The zero-order valence-electron chi connectivity index (χ0n) is 18.1. The lowest BCUT2D eigenvalue weighted by Crippen LogP contribution is -2.33. The summed E-state index contributed by atoms with van der Waals surface area (Å²) in [4.78, 5) is 38.4. The maximum absolute atomic E-state index is 12.8. The van der Waals surface area contributed by atoms with E-state index in [0.717, 1.165) is 35.1 Å². The Kier molecular flexibility index (Phi) is 6.07. The molecule has 0 radical (unpaired) electrons. The van der Waals surface area contributed by atoms with Gasteiger partial charge in [-0.3, -0.25) is 14.6 Å². The normalized spacial score (nSPS) is 14.2. The Morgan fingerprint density at radius 2 is 1.88 bits per heavy atom. The van der Waals surface area contributed by atoms with Gasteiger partial charge in [0, 0.05) is 6.42 Å². The summed E-state index contributed by atoms with van der Waals surface area (Å²) in [7, 11) is 0. The highest BCUT2D eigenvalue weighted by molar-refractivity contribution is 6.37. The fourth-order valence-electron chi connectivity index (χ4n) is 3.94. The molecule has 0 amide bonds. The Labute approximate surface area is 199 Å². The standard InChI is InChI=1S/C23H22Cl2N4O4/c1-3-4-18(30)23(7-8-23)15-11-14(6-5-12(15)2)33-19-16(24)9-13(10-17(19)25)29-22(32)27-21(31)20(26)28-29/h5-6,9-11H,3-4,7-8H2,1-2H3,(H2,26,28)(H,27,31,32). The molecule has 10 heteroatoms. The van der Waals surface area contributed by atoms with Crippen molar-refractivity contribution in [2.24, 2.45) is 0 Å². The topological polar surface area (TPSA) is 120 Å². The first-order chi connectivity index (χ1) is 15.7. The van der Waals surface area contributed by atoms with E-state index in [0.29, 0.717) is 12.2 Å². The van der Waals surface area contributed by atoms with Crippen LogP contribution in [0.1, 0.15) is 43.7 Å². The van der Waals surface area contributed by atoms with Crippen molar-refractivity contribution in [1.29, 1.82) is 0 Å². The number of nitrogens with one attached hydrogen (secondary N) is 1. The van der Waals surface area contributed by atoms with Crippen LogP contribution in [0.3, 0.4) is 0 Å². The summed E-state index contributed by atoms with van der Waals surface area (Å²) >= 11 is 12.8. The lowest BCUT2D eigenvalue weighted by atomic mass is 9.86. The van der Waals surface area contributed by atoms with Crippen molar-refractivity contribution in [3.8, 4) is 17.2 Å². The lowest BCUT2D eigenvalue weighted by molar-refractivity contribution is -0.121. The summed E-state index contributed by atoms with van der Waals surface area (Å²) in [5.41, 5.74) is 5.70. The number of hydrogen-bond donors (Lipinski definition) is 2. The molecule has 1 aliphatic rings. The van der Waals surface area contributed by atoms with E-state index >= 15 is 0 Å². The van der Waals surface area contributed by atoms with E-state index in [9.17, 15) is 14.4 Å². The molecule has 1 saturated carbocycles. The van der Waals surface area contributed by atoms with Crippen molar-refractivity contribution in [3.63, 3.8) is 0 Å². The van der Waals surface area contributed by atoms with Crippen LogP contribution in [0, 0.1) is 6.92 Å². The monoisotopic (exact) mass is 488 g/mol. The molecular weight excluding hydrogens is 467 g/mol. The molecule has 0 unspecified atom stereocenters. The van der Waals surface area contributed by atoms with Crippen LogP contribution in [0.5, 0.6) is 11.5 Å². The van der Waals surface area contributed by atoms with Gasteiger partial charge in [-0.1, -0.05) is 36.2 Å². The maximum atomic E-state index is 12.8. The molecule has 0 aliphatic heterocycles. The van der Waals surface area contributed by atoms with Gasteiger partial charge in [0.25, 0.3) is 5.56 Å².